The first-order chi connectivity index (χ1) is 9.28. The molecule has 2 aromatic rings. The fourth-order valence-corrected chi connectivity index (χ4v) is 2.48. The number of likely N-dealkylation sites (N-methyl/N-ethyl adjacent to an activating group) is 1. The third-order valence-corrected chi connectivity index (χ3v) is 4.00. The summed E-state index contributed by atoms with van der Waals surface area (Å²) in [6, 6.07) is 15.4. The van der Waals surface area contributed by atoms with Gasteiger partial charge in [0.1, 0.15) is 0 Å². The maximum atomic E-state index is 4.37. The molecule has 19 heavy (non-hydrogen) atoms. The average molecular weight is 366 g/mol. The van der Waals surface area contributed by atoms with Crippen molar-refractivity contribution in [3.63, 3.8) is 0 Å². The second kappa shape index (κ2) is 7.60. The minimum atomic E-state index is 0.502. The number of pyridine rings is 1. The number of rotatable bonds is 6. The lowest BCUT2D eigenvalue weighted by Gasteiger charge is -2.16. The lowest BCUT2D eigenvalue weighted by molar-refractivity contribution is 0.517. The van der Waals surface area contributed by atoms with Crippen molar-refractivity contribution in [1.82, 2.24) is 10.3 Å². The fraction of sp³-hybridized carbons (Fsp3) is 0.312. The third kappa shape index (κ3) is 4.91. The minimum Gasteiger partial charge on any atom is -0.317 e. The highest BCUT2D eigenvalue weighted by Crippen LogP contribution is 2.11. The molecule has 1 aromatic carbocycles. The summed E-state index contributed by atoms with van der Waals surface area (Å²) in [7, 11) is 2.04. The summed E-state index contributed by atoms with van der Waals surface area (Å²) in [6.07, 6.45) is 5.07. The van der Waals surface area contributed by atoms with Crippen molar-refractivity contribution in [2.24, 2.45) is 0 Å². The number of nitrogens with zero attached hydrogens (tertiary/aromatic N) is 1. The fourth-order valence-electron chi connectivity index (χ4n) is 2.12. The Morgan fingerprint density at radius 1 is 1.16 bits per heavy atom. The summed E-state index contributed by atoms with van der Waals surface area (Å²) in [5.74, 6) is 0. The molecule has 0 aliphatic heterocycles. The van der Waals surface area contributed by atoms with E-state index >= 15 is 0 Å². The van der Waals surface area contributed by atoms with E-state index < -0.39 is 0 Å². The van der Waals surface area contributed by atoms with Gasteiger partial charge in [-0.1, -0.05) is 18.2 Å². The summed E-state index contributed by atoms with van der Waals surface area (Å²) in [6.45, 7) is 0. The lowest BCUT2D eigenvalue weighted by atomic mass is 10.0. The van der Waals surface area contributed by atoms with E-state index in [4.69, 9.17) is 0 Å². The number of aryl methyl sites for hydroxylation is 1. The molecule has 100 valence electrons. The maximum Gasteiger partial charge on any atom is 0.0404 e. The first-order valence-corrected chi connectivity index (χ1v) is 7.67. The molecule has 0 saturated heterocycles. The van der Waals surface area contributed by atoms with Crippen LogP contribution in [0, 0.1) is 3.57 Å². The van der Waals surface area contributed by atoms with Crippen LogP contribution in [0.5, 0.6) is 0 Å². The van der Waals surface area contributed by atoms with Crippen molar-refractivity contribution < 1.29 is 0 Å². The molecular weight excluding hydrogens is 347 g/mol. The van der Waals surface area contributed by atoms with Gasteiger partial charge in [0, 0.05) is 21.5 Å². The monoisotopic (exact) mass is 366 g/mol. The van der Waals surface area contributed by atoms with Gasteiger partial charge in [-0.25, -0.2) is 0 Å². The van der Waals surface area contributed by atoms with E-state index in [1.807, 2.05) is 19.3 Å². The zero-order chi connectivity index (χ0) is 13.5. The van der Waals surface area contributed by atoms with E-state index in [-0.39, 0.29) is 0 Å². The first-order valence-electron chi connectivity index (χ1n) is 6.59. The van der Waals surface area contributed by atoms with Crippen LogP contribution in [0.3, 0.4) is 0 Å². The molecule has 0 aliphatic rings. The normalized spacial score (nSPS) is 12.3. The van der Waals surface area contributed by atoms with E-state index in [9.17, 15) is 0 Å². The Kier molecular flexibility index (Phi) is 5.79. The molecule has 2 rings (SSSR count). The molecule has 0 saturated carbocycles. The molecule has 0 aliphatic carbocycles. The largest absolute Gasteiger partial charge is 0.317 e. The van der Waals surface area contributed by atoms with Crippen LogP contribution >= 0.6 is 22.6 Å². The van der Waals surface area contributed by atoms with E-state index in [1.165, 1.54) is 14.8 Å². The molecule has 0 spiro atoms. The van der Waals surface area contributed by atoms with Crippen LogP contribution in [0.4, 0.5) is 0 Å². The van der Waals surface area contributed by atoms with E-state index in [0.29, 0.717) is 6.04 Å². The van der Waals surface area contributed by atoms with Crippen molar-refractivity contribution in [3.05, 3.63) is 63.5 Å². The topological polar surface area (TPSA) is 24.9 Å². The second-order valence-corrected chi connectivity index (χ2v) is 5.92. The van der Waals surface area contributed by atoms with Gasteiger partial charge in [0.25, 0.3) is 0 Å². The van der Waals surface area contributed by atoms with Gasteiger partial charge in [-0.3, -0.25) is 4.98 Å². The van der Waals surface area contributed by atoms with Crippen molar-refractivity contribution >= 4 is 22.6 Å². The Bertz CT molecular complexity index is 482. The Morgan fingerprint density at radius 2 is 1.95 bits per heavy atom. The number of benzene rings is 1. The summed E-state index contributed by atoms with van der Waals surface area (Å²) in [5, 5.41) is 3.41. The molecule has 0 fully saturated rings. The predicted molar refractivity (Wildman–Crippen MR) is 88.3 cm³/mol. The Balaban J connectivity index is 1.88. The van der Waals surface area contributed by atoms with Gasteiger partial charge in [0.05, 0.1) is 0 Å². The van der Waals surface area contributed by atoms with E-state index in [0.717, 1.165) is 19.3 Å². The minimum absolute atomic E-state index is 0.502. The quantitative estimate of drug-likeness (QED) is 0.793. The van der Waals surface area contributed by atoms with Crippen molar-refractivity contribution in [2.75, 3.05) is 7.05 Å². The molecule has 1 unspecified atom stereocenters. The van der Waals surface area contributed by atoms with Crippen molar-refractivity contribution in [1.29, 1.82) is 0 Å². The Morgan fingerprint density at radius 3 is 2.58 bits per heavy atom. The predicted octanol–water partition coefficient (Wildman–Crippen LogP) is 3.45. The molecule has 1 N–H and O–H groups in total. The number of aromatic nitrogens is 1. The summed E-state index contributed by atoms with van der Waals surface area (Å²) in [4.78, 5) is 4.37. The van der Waals surface area contributed by atoms with E-state index in [2.05, 4.69) is 69.3 Å². The average Bonchev–Trinajstić information content (AvgIpc) is 2.46. The number of hydrogen-bond acceptors (Lipinski definition) is 2. The second-order valence-electron chi connectivity index (χ2n) is 4.68. The van der Waals surface area contributed by atoms with Crippen LogP contribution < -0.4 is 5.32 Å². The molecule has 3 heteroatoms. The first kappa shape index (κ1) is 14.5. The van der Waals surface area contributed by atoms with E-state index in [1.54, 1.807) is 0 Å². The lowest BCUT2D eigenvalue weighted by Crippen LogP contribution is -2.28. The number of hydrogen-bond donors (Lipinski definition) is 1. The highest BCUT2D eigenvalue weighted by Gasteiger charge is 2.08. The van der Waals surface area contributed by atoms with Gasteiger partial charge in [-0.2, -0.15) is 0 Å². The van der Waals surface area contributed by atoms with Gasteiger partial charge >= 0.3 is 0 Å². The zero-order valence-corrected chi connectivity index (χ0v) is 13.3. The van der Waals surface area contributed by atoms with Gasteiger partial charge in [0.15, 0.2) is 0 Å². The van der Waals surface area contributed by atoms with Crippen molar-refractivity contribution in [2.45, 2.75) is 25.3 Å². The standard InChI is InChI=1S/C16H19IN2/c1-18-16(10-9-15-4-2-3-11-19-15)12-13-5-7-14(17)8-6-13/h2-8,11,16,18H,9-10,12H2,1H3. The molecule has 1 atom stereocenters. The maximum absolute atomic E-state index is 4.37. The van der Waals surface area contributed by atoms with Crippen LogP contribution in [0.25, 0.3) is 0 Å². The van der Waals surface area contributed by atoms with Crippen LogP contribution in [-0.2, 0) is 12.8 Å². The molecule has 0 amide bonds. The number of nitrogens with one attached hydrogen (secondary N) is 1. The summed E-state index contributed by atoms with van der Waals surface area (Å²) < 4.78 is 1.29. The van der Waals surface area contributed by atoms with Crippen LogP contribution in [-0.4, -0.2) is 18.1 Å². The highest BCUT2D eigenvalue weighted by atomic mass is 127. The van der Waals surface area contributed by atoms with Gasteiger partial charge in [0.2, 0.25) is 0 Å². The molecular formula is C16H19IN2. The molecule has 2 nitrogen and oxygen atoms in total. The zero-order valence-electron chi connectivity index (χ0n) is 11.1. The summed E-state index contributed by atoms with van der Waals surface area (Å²) in [5.41, 5.74) is 2.56. The third-order valence-electron chi connectivity index (χ3n) is 3.28. The van der Waals surface area contributed by atoms with Crippen LogP contribution in [0.15, 0.2) is 48.7 Å². The van der Waals surface area contributed by atoms with Gasteiger partial charge in [-0.05, 0) is 78.7 Å². The highest BCUT2D eigenvalue weighted by molar-refractivity contribution is 14.1. The molecule has 1 heterocycles. The smallest absolute Gasteiger partial charge is 0.0404 e. The molecule has 0 radical (unpaired) electrons. The van der Waals surface area contributed by atoms with Gasteiger partial charge < -0.3 is 5.32 Å². The van der Waals surface area contributed by atoms with Gasteiger partial charge in [-0.15, -0.1) is 0 Å². The Labute approximate surface area is 128 Å². The Hall–Kier alpha value is -0.940. The SMILES string of the molecule is CNC(CCc1ccccn1)Cc1ccc(I)cc1. The van der Waals surface area contributed by atoms with Crippen LogP contribution in [0.2, 0.25) is 0 Å². The van der Waals surface area contributed by atoms with Crippen LogP contribution in [0.1, 0.15) is 17.7 Å². The molecule has 1 aromatic heterocycles. The molecule has 0 bridgehead atoms. The summed E-state index contributed by atoms with van der Waals surface area (Å²) >= 11 is 2.34. The van der Waals surface area contributed by atoms with Crippen molar-refractivity contribution in [3.8, 4) is 0 Å². The number of halogens is 1.